The van der Waals surface area contributed by atoms with Crippen molar-refractivity contribution < 1.29 is 14.7 Å². The van der Waals surface area contributed by atoms with Crippen LogP contribution in [0.5, 0.6) is 0 Å². The van der Waals surface area contributed by atoms with Crippen LogP contribution in [0.4, 0.5) is 5.95 Å². The van der Waals surface area contributed by atoms with Crippen LogP contribution in [0.15, 0.2) is 11.0 Å². The molecule has 3 N–H and O–H groups in total. The van der Waals surface area contributed by atoms with Gasteiger partial charge in [-0.3, -0.25) is 24.7 Å². The summed E-state index contributed by atoms with van der Waals surface area (Å²) < 4.78 is 0. The Morgan fingerprint density at radius 2 is 2.25 bits per heavy atom. The van der Waals surface area contributed by atoms with Crippen molar-refractivity contribution in [2.45, 2.75) is 19.8 Å². The van der Waals surface area contributed by atoms with E-state index in [-0.39, 0.29) is 30.3 Å². The summed E-state index contributed by atoms with van der Waals surface area (Å²) in [5.41, 5.74) is -0.170. The molecule has 0 saturated carbocycles. The lowest BCUT2D eigenvalue weighted by atomic mass is 10.2. The number of carboxylic acids is 1. The fourth-order valence-electron chi connectivity index (χ4n) is 1.07. The molecule has 1 amide bonds. The number of hydrogen-bond donors (Lipinski definition) is 3. The van der Waals surface area contributed by atoms with Gasteiger partial charge >= 0.3 is 5.97 Å². The van der Waals surface area contributed by atoms with E-state index in [4.69, 9.17) is 5.11 Å². The Labute approximate surface area is 90.5 Å². The SMILES string of the molecule is CC(=O)Nc1ncc(CCC(=O)O)c(=O)[nH]1. The second-order valence-electron chi connectivity index (χ2n) is 3.16. The Balaban J connectivity index is 2.79. The number of aromatic amines is 1. The molecule has 0 atom stereocenters. The predicted octanol–water partition coefficient (Wildman–Crippen LogP) is -0.255. The first-order chi connectivity index (χ1) is 7.49. The Hall–Kier alpha value is -2.18. The van der Waals surface area contributed by atoms with Crippen LogP contribution in [-0.4, -0.2) is 27.0 Å². The van der Waals surface area contributed by atoms with Gasteiger partial charge in [-0.15, -0.1) is 0 Å². The number of carbonyl (C=O) groups is 2. The Morgan fingerprint density at radius 3 is 2.75 bits per heavy atom. The maximum absolute atomic E-state index is 11.4. The van der Waals surface area contributed by atoms with Gasteiger partial charge in [-0.2, -0.15) is 0 Å². The van der Waals surface area contributed by atoms with Crippen molar-refractivity contribution in [3.05, 3.63) is 22.1 Å². The molecule has 16 heavy (non-hydrogen) atoms. The lowest BCUT2D eigenvalue weighted by Gasteiger charge is -2.01. The summed E-state index contributed by atoms with van der Waals surface area (Å²) in [5, 5.41) is 10.8. The number of rotatable bonds is 4. The number of hydrogen-bond acceptors (Lipinski definition) is 4. The minimum absolute atomic E-state index is 0.0524. The molecule has 0 aliphatic carbocycles. The van der Waals surface area contributed by atoms with Crippen LogP contribution in [0.1, 0.15) is 18.9 Å². The van der Waals surface area contributed by atoms with Crippen molar-refractivity contribution in [1.29, 1.82) is 0 Å². The van der Waals surface area contributed by atoms with Crippen LogP contribution in [-0.2, 0) is 16.0 Å². The number of H-pyrrole nitrogens is 1. The summed E-state index contributed by atoms with van der Waals surface area (Å²) >= 11 is 0. The molecule has 0 spiro atoms. The highest BCUT2D eigenvalue weighted by Gasteiger charge is 2.05. The Bertz CT molecular complexity index is 466. The van der Waals surface area contributed by atoms with Gasteiger partial charge in [0.15, 0.2) is 0 Å². The zero-order valence-electron chi connectivity index (χ0n) is 8.61. The van der Waals surface area contributed by atoms with Crippen LogP contribution >= 0.6 is 0 Å². The Morgan fingerprint density at radius 1 is 1.56 bits per heavy atom. The molecule has 0 radical (unpaired) electrons. The fourth-order valence-corrected chi connectivity index (χ4v) is 1.07. The number of nitrogens with zero attached hydrogens (tertiary/aromatic N) is 1. The van der Waals surface area contributed by atoms with Crippen molar-refractivity contribution in [2.75, 3.05) is 5.32 Å². The molecule has 0 unspecified atom stereocenters. The average Bonchev–Trinajstić information content (AvgIpc) is 2.15. The van der Waals surface area contributed by atoms with Gasteiger partial charge in [0.05, 0.1) is 0 Å². The first kappa shape index (κ1) is 11.9. The van der Waals surface area contributed by atoms with Crippen LogP contribution in [0.3, 0.4) is 0 Å². The highest BCUT2D eigenvalue weighted by atomic mass is 16.4. The van der Waals surface area contributed by atoms with Gasteiger partial charge < -0.3 is 5.11 Å². The Kier molecular flexibility index (Phi) is 3.76. The van der Waals surface area contributed by atoms with Crippen molar-refractivity contribution in [1.82, 2.24) is 9.97 Å². The number of carboxylic acid groups (broad SMARTS) is 1. The molecule has 0 aliphatic rings. The quantitative estimate of drug-likeness (QED) is 0.653. The van der Waals surface area contributed by atoms with E-state index in [1.807, 2.05) is 0 Å². The number of carbonyl (C=O) groups excluding carboxylic acids is 1. The van der Waals surface area contributed by atoms with Crippen LogP contribution in [0.25, 0.3) is 0 Å². The lowest BCUT2D eigenvalue weighted by Crippen LogP contribution is -2.19. The van der Waals surface area contributed by atoms with Crippen molar-refractivity contribution in [3.63, 3.8) is 0 Å². The van der Waals surface area contributed by atoms with E-state index in [0.29, 0.717) is 0 Å². The van der Waals surface area contributed by atoms with Crippen molar-refractivity contribution in [3.8, 4) is 0 Å². The number of aliphatic carboxylic acids is 1. The smallest absolute Gasteiger partial charge is 0.303 e. The van der Waals surface area contributed by atoms with Crippen LogP contribution in [0, 0.1) is 0 Å². The second kappa shape index (κ2) is 5.06. The number of aryl methyl sites for hydroxylation is 1. The summed E-state index contributed by atoms with van der Waals surface area (Å²) in [7, 11) is 0. The number of amides is 1. The highest BCUT2D eigenvalue weighted by molar-refractivity contribution is 5.86. The maximum atomic E-state index is 11.4. The van der Waals surface area contributed by atoms with E-state index >= 15 is 0 Å². The zero-order valence-corrected chi connectivity index (χ0v) is 8.61. The standard InChI is InChI=1S/C9H11N3O4/c1-5(13)11-9-10-4-6(8(16)12-9)2-3-7(14)15/h4H,2-3H2,1H3,(H,14,15)(H2,10,11,12,13,16). The highest BCUT2D eigenvalue weighted by Crippen LogP contribution is 1.98. The van der Waals surface area contributed by atoms with Crippen molar-refractivity contribution >= 4 is 17.8 Å². The van der Waals surface area contributed by atoms with Gasteiger partial charge in [-0.05, 0) is 6.42 Å². The van der Waals surface area contributed by atoms with Crippen LogP contribution in [0.2, 0.25) is 0 Å². The maximum Gasteiger partial charge on any atom is 0.303 e. The predicted molar refractivity (Wildman–Crippen MR) is 55.1 cm³/mol. The molecule has 0 aliphatic heterocycles. The summed E-state index contributed by atoms with van der Waals surface area (Å²) in [4.78, 5) is 38.5. The van der Waals surface area contributed by atoms with Gasteiger partial charge in [0.1, 0.15) is 0 Å². The van der Waals surface area contributed by atoms with E-state index in [2.05, 4.69) is 15.3 Å². The lowest BCUT2D eigenvalue weighted by molar-refractivity contribution is -0.137. The number of aromatic nitrogens is 2. The van der Waals surface area contributed by atoms with Gasteiger partial charge in [0, 0.05) is 25.1 Å². The minimum Gasteiger partial charge on any atom is -0.481 e. The largest absolute Gasteiger partial charge is 0.481 e. The van der Waals surface area contributed by atoms with E-state index in [9.17, 15) is 14.4 Å². The van der Waals surface area contributed by atoms with E-state index in [1.165, 1.54) is 13.1 Å². The van der Waals surface area contributed by atoms with Crippen LogP contribution < -0.4 is 10.9 Å². The normalized spacial score (nSPS) is 9.81. The zero-order chi connectivity index (χ0) is 12.1. The molecule has 1 aromatic rings. The summed E-state index contributed by atoms with van der Waals surface area (Å²) in [6.07, 6.45) is 1.23. The van der Waals surface area contributed by atoms with E-state index < -0.39 is 11.5 Å². The topological polar surface area (TPSA) is 112 Å². The van der Waals surface area contributed by atoms with E-state index in [0.717, 1.165) is 0 Å². The number of nitrogens with one attached hydrogen (secondary N) is 2. The molecule has 7 heteroatoms. The molecule has 7 nitrogen and oxygen atoms in total. The molecule has 1 aromatic heterocycles. The third-order valence-electron chi connectivity index (χ3n) is 1.78. The first-order valence-electron chi connectivity index (χ1n) is 4.56. The molecular weight excluding hydrogens is 214 g/mol. The molecule has 0 bridgehead atoms. The molecule has 0 aromatic carbocycles. The first-order valence-corrected chi connectivity index (χ1v) is 4.56. The summed E-state index contributed by atoms with van der Waals surface area (Å²) in [6.45, 7) is 1.29. The van der Waals surface area contributed by atoms with E-state index in [1.54, 1.807) is 0 Å². The third-order valence-corrected chi connectivity index (χ3v) is 1.78. The van der Waals surface area contributed by atoms with Gasteiger partial charge in [-0.1, -0.05) is 0 Å². The monoisotopic (exact) mass is 225 g/mol. The second-order valence-corrected chi connectivity index (χ2v) is 3.16. The third kappa shape index (κ3) is 3.52. The molecule has 0 saturated heterocycles. The molecule has 1 rings (SSSR count). The fraction of sp³-hybridized carbons (Fsp3) is 0.333. The van der Waals surface area contributed by atoms with Crippen molar-refractivity contribution in [2.24, 2.45) is 0 Å². The van der Waals surface area contributed by atoms with Gasteiger partial charge in [0.25, 0.3) is 5.56 Å². The molecular formula is C9H11N3O4. The summed E-state index contributed by atoms with van der Waals surface area (Å²) in [6, 6.07) is 0. The average molecular weight is 225 g/mol. The molecule has 86 valence electrons. The van der Waals surface area contributed by atoms with Gasteiger partial charge in [-0.25, -0.2) is 4.98 Å². The molecule has 0 fully saturated rings. The van der Waals surface area contributed by atoms with Gasteiger partial charge in [0.2, 0.25) is 11.9 Å². The molecule has 1 heterocycles. The summed E-state index contributed by atoms with van der Waals surface area (Å²) in [5.74, 6) is -1.27. The minimum atomic E-state index is -0.981. The number of anilines is 1.